The van der Waals surface area contributed by atoms with Crippen molar-refractivity contribution in [1.29, 1.82) is 0 Å². The SMILES string of the molecule is COC1(c2ccccc2)CCN(c2nc3ccc(C(F)(F)F)cc3[nH]2)CC1. The lowest BCUT2D eigenvalue weighted by Gasteiger charge is -2.41. The zero-order chi connectivity index (χ0) is 19.1. The molecule has 2 heterocycles. The summed E-state index contributed by atoms with van der Waals surface area (Å²) in [5, 5.41) is 0. The summed E-state index contributed by atoms with van der Waals surface area (Å²) in [4.78, 5) is 9.57. The number of nitrogens with one attached hydrogen (secondary N) is 1. The van der Waals surface area contributed by atoms with Crippen molar-refractivity contribution in [2.75, 3.05) is 25.1 Å². The number of alkyl halides is 3. The number of benzene rings is 2. The maximum atomic E-state index is 12.9. The van der Waals surface area contributed by atoms with Crippen LogP contribution >= 0.6 is 0 Å². The van der Waals surface area contributed by atoms with E-state index in [0.717, 1.165) is 30.5 Å². The normalized spacial score (nSPS) is 17.4. The lowest BCUT2D eigenvalue weighted by molar-refractivity contribution is -0.137. The quantitative estimate of drug-likeness (QED) is 0.720. The Hall–Kier alpha value is -2.54. The molecule has 1 aliphatic rings. The number of nitrogens with zero attached hydrogens (tertiary/aromatic N) is 2. The molecule has 0 radical (unpaired) electrons. The third-order valence-electron chi connectivity index (χ3n) is 5.36. The van der Waals surface area contributed by atoms with Gasteiger partial charge in [-0.15, -0.1) is 0 Å². The molecule has 4 rings (SSSR count). The van der Waals surface area contributed by atoms with Gasteiger partial charge in [0, 0.05) is 20.2 Å². The number of halogens is 3. The first-order valence-electron chi connectivity index (χ1n) is 8.84. The van der Waals surface area contributed by atoms with E-state index in [1.165, 1.54) is 6.07 Å². The van der Waals surface area contributed by atoms with Gasteiger partial charge in [-0.2, -0.15) is 13.2 Å². The molecule has 1 aromatic heterocycles. The van der Waals surface area contributed by atoms with E-state index in [1.54, 1.807) is 7.11 Å². The van der Waals surface area contributed by atoms with Gasteiger partial charge in [0.05, 0.1) is 22.2 Å². The van der Waals surface area contributed by atoms with Gasteiger partial charge in [0.1, 0.15) is 0 Å². The molecule has 7 heteroatoms. The van der Waals surface area contributed by atoms with Crippen LogP contribution in [-0.4, -0.2) is 30.2 Å². The summed E-state index contributed by atoms with van der Waals surface area (Å²) in [7, 11) is 1.72. The first-order chi connectivity index (χ1) is 12.9. The Labute approximate surface area is 155 Å². The molecule has 0 atom stereocenters. The molecule has 3 aromatic rings. The topological polar surface area (TPSA) is 41.1 Å². The van der Waals surface area contributed by atoms with Crippen LogP contribution in [0.15, 0.2) is 48.5 Å². The average molecular weight is 375 g/mol. The number of H-pyrrole nitrogens is 1. The summed E-state index contributed by atoms with van der Waals surface area (Å²) in [5.41, 5.74) is 1.06. The lowest BCUT2D eigenvalue weighted by atomic mass is 9.84. The largest absolute Gasteiger partial charge is 0.416 e. The number of anilines is 1. The third kappa shape index (κ3) is 3.27. The highest BCUT2D eigenvalue weighted by molar-refractivity contribution is 5.78. The highest BCUT2D eigenvalue weighted by atomic mass is 19.4. The molecule has 0 spiro atoms. The Morgan fingerprint density at radius 1 is 1.07 bits per heavy atom. The van der Waals surface area contributed by atoms with Crippen LogP contribution in [0.1, 0.15) is 24.0 Å². The average Bonchev–Trinajstić information content (AvgIpc) is 3.11. The summed E-state index contributed by atoms with van der Waals surface area (Å²) in [6, 6.07) is 13.7. The predicted octanol–water partition coefficient (Wildman–Crippen LogP) is 4.72. The number of imidazole rings is 1. The Morgan fingerprint density at radius 2 is 1.78 bits per heavy atom. The second-order valence-electron chi connectivity index (χ2n) is 6.84. The van der Waals surface area contributed by atoms with E-state index < -0.39 is 11.7 Å². The Kier molecular flexibility index (Phi) is 4.34. The molecule has 1 aliphatic heterocycles. The van der Waals surface area contributed by atoms with E-state index in [9.17, 15) is 13.2 Å². The standard InChI is InChI=1S/C20H20F3N3O/c1-27-19(14-5-3-2-4-6-14)9-11-26(12-10-19)18-24-16-8-7-15(20(21,22)23)13-17(16)25-18/h2-8,13H,9-12H2,1H3,(H,24,25). The molecule has 1 N–H and O–H groups in total. The number of rotatable bonds is 3. The Morgan fingerprint density at radius 3 is 2.41 bits per heavy atom. The molecule has 1 fully saturated rings. The van der Waals surface area contributed by atoms with Crippen LogP contribution in [0.4, 0.5) is 19.1 Å². The molecule has 0 bridgehead atoms. The minimum Gasteiger partial charge on any atom is -0.373 e. The Balaban J connectivity index is 1.56. The van der Waals surface area contributed by atoms with E-state index in [-0.39, 0.29) is 5.60 Å². The monoisotopic (exact) mass is 375 g/mol. The lowest BCUT2D eigenvalue weighted by Crippen LogP contribution is -2.44. The fraction of sp³-hybridized carbons (Fsp3) is 0.350. The van der Waals surface area contributed by atoms with Crippen molar-refractivity contribution in [3.8, 4) is 0 Å². The van der Waals surface area contributed by atoms with Crippen LogP contribution in [-0.2, 0) is 16.5 Å². The van der Waals surface area contributed by atoms with E-state index >= 15 is 0 Å². The summed E-state index contributed by atoms with van der Waals surface area (Å²) in [6.07, 6.45) is -2.81. The maximum absolute atomic E-state index is 12.9. The van der Waals surface area contributed by atoms with E-state index in [4.69, 9.17) is 4.74 Å². The van der Waals surface area contributed by atoms with Crippen molar-refractivity contribution in [2.24, 2.45) is 0 Å². The molecule has 27 heavy (non-hydrogen) atoms. The summed E-state index contributed by atoms with van der Waals surface area (Å²) >= 11 is 0. The van der Waals surface area contributed by atoms with Crippen molar-refractivity contribution < 1.29 is 17.9 Å². The van der Waals surface area contributed by atoms with Crippen molar-refractivity contribution in [1.82, 2.24) is 9.97 Å². The van der Waals surface area contributed by atoms with Gasteiger partial charge in [0.15, 0.2) is 0 Å². The summed E-state index contributed by atoms with van der Waals surface area (Å²) in [6.45, 7) is 1.41. The number of hydrogen-bond acceptors (Lipinski definition) is 3. The van der Waals surface area contributed by atoms with Gasteiger partial charge in [0.2, 0.25) is 5.95 Å². The van der Waals surface area contributed by atoms with Gasteiger partial charge in [-0.1, -0.05) is 30.3 Å². The number of fused-ring (bicyclic) bond motifs is 1. The van der Waals surface area contributed by atoms with Crippen LogP contribution in [0.25, 0.3) is 11.0 Å². The fourth-order valence-electron chi connectivity index (χ4n) is 3.75. The second-order valence-corrected chi connectivity index (χ2v) is 6.84. The van der Waals surface area contributed by atoms with Crippen LogP contribution in [0.2, 0.25) is 0 Å². The van der Waals surface area contributed by atoms with Crippen molar-refractivity contribution >= 4 is 17.0 Å². The van der Waals surface area contributed by atoms with Crippen molar-refractivity contribution in [2.45, 2.75) is 24.6 Å². The number of aromatic amines is 1. The van der Waals surface area contributed by atoms with Gasteiger partial charge in [-0.05, 0) is 36.6 Å². The molecule has 0 amide bonds. The molecule has 0 aliphatic carbocycles. The zero-order valence-electron chi connectivity index (χ0n) is 14.9. The molecule has 142 valence electrons. The van der Waals surface area contributed by atoms with Gasteiger partial charge in [-0.25, -0.2) is 4.98 Å². The molecule has 1 saturated heterocycles. The Bertz CT molecular complexity index is 929. The zero-order valence-corrected chi connectivity index (χ0v) is 14.9. The van der Waals surface area contributed by atoms with Crippen LogP contribution < -0.4 is 4.90 Å². The summed E-state index contributed by atoms with van der Waals surface area (Å²) < 4.78 is 44.6. The first-order valence-corrected chi connectivity index (χ1v) is 8.84. The molecule has 0 saturated carbocycles. The third-order valence-corrected chi connectivity index (χ3v) is 5.36. The number of hydrogen-bond donors (Lipinski definition) is 1. The van der Waals surface area contributed by atoms with E-state index in [2.05, 4.69) is 27.0 Å². The molecule has 0 unspecified atom stereocenters. The van der Waals surface area contributed by atoms with Crippen LogP contribution in [0, 0.1) is 0 Å². The van der Waals surface area contributed by atoms with Crippen LogP contribution in [0.5, 0.6) is 0 Å². The molecular weight excluding hydrogens is 355 g/mol. The van der Waals surface area contributed by atoms with Crippen molar-refractivity contribution in [3.63, 3.8) is 0 Å². The van der Waals surface area contributed by atoms with E-state index in [1.807, 2.05) is 18.2 Å². The number of methoxy groups -OCH3 is 1. The van der Waals surface area contributed by atoms with Gasteiger partial charge >= 0.3 is 6.18 Å². The number of ether oxygens (including phenoxy) is 1. The highest BCUT2D eigenvalue weighted by Gasteiger charge is 2.37. The minimum absolute atomic E-state index is 0.340. The molecule has 2 aromatic carbocycles. The van der Waals surface area contributed by atoms with Gasteiger partial charge < -0.3 is 14.6 Å². The summed E-state index contributed by atoms with van der Waals surface area (Å²) in [5.74, 6) is 0.599. The van der Waals surface area contributed by atoms with Crippen molar-refractivity contribution in [3.05, 3.63) is 59.7 Å². The van der Waals surface area contributed by atoms with Crippen LogP contribution in [0.3, 0.4) is 0 Å². The highest BCUT2D eigenvalue weighted by Crippen LogP contribution is 2.37. The van der Waals surface area contributed by atoms with E-state index in [0.29, 0.717) is 30.1 Å². The molecule has 4 nitrogen and oxygen atoms in total. The maximum Gasteiger partial charge on any atom is 0.416 e. The first kappa shape index (κ1) is 17.9. The van der Waals surface area contributed by atoms with Gasteiger partial charge in [0.25, 0.3) is 0 Å². The fourth-order valence-corrected chi connectivity index (χ4v) is 3.75. The van der Waals surface area contributed by atoms with Gasteiger partial charge in [-0.3, -0.25) is 0 Å². The minimum atomic E-state index is -4.36. The second kappa shape index (κ2) is 6.56. The number of piperidine rings is 1. The molecular formula is C20H20F3N3O. The number of aromatic nitrogens is 2. The smallest absolute Gasteiger partial charge is 0.373 e. The predicted molar refractivity (Wildman–Crippen MR) is 97.7 cm³/mol.